The summed E-state index contributed by atoms with van der Waals surface area (Å²) in [6.07, 6.45) is -0.0633. The highest BCUT2D eigenvalue weighted by Crippen LogP contribution is 2.08. The van der Waals surface area contributed by atoms with E-state index >= 15 is 0 Å². The largest absolute Gasteiger partial charge is 0.481 e. The third-order valence-electron chi connectivity index (χ3n) is 1.75. The number of rotatable bonds is 8. The van der Waals surface area contributed by atoms with Gasteiger partial charge >= 0.3 is 23.9 Å². The SMILES string of the molecule is NCCC(=O)O.O=C(O)CCNC(=O)C(Cl)Cl.O=C(OC(=O)C(Cl)Cl)C(Cl)Cl. The molecule has 16 heteroatoms. The van der Waals surface area contributed by atoms with Crippen molar-refractivity contribution in [1.82, 2.24) is 5.32 Å². The minimum atomic E-state index is -1.41. The summed E-state index contributed by atoms with van der Waals surface area (Å²) < 4.78 is 3.97. The first-order chi connectivity index (χ1) is 12.8. The molecule has 0 spiro atoms. The van der Waals surface area contributed by atoms with Crippen molar-refractivity contribution in [2.45, 2.75) is 27.4 Å². The molecule has 0 saturated heterocycles. The van der Waals surface area contributed by atoms with Crippen molar-refractivity contribution < 1.29 is 38.9 Å². The number of nitrogens with two attached hydrogens (primary N) is 1. The summed E-state index contributed by atoms with van der Waals surface area (Å²) in [5.74, 6) is -4.58. The molecule has 0 aliphatic carbocycles. The van der Waals surface area contributed by atoms with Crippen molar-refractivity contribution >= 4 is 99.4 Å². The molecule has 0 aromatic heterocycles. The van der Waals surface area contributed by atoms with E-state index in [2.05, 4.69) is 10.1 Å². The molecule has 0 aromatic carbocycles. The third-order valence-corrected chi connectivity index (χ3v) is 2.86. The van der Waals surface area contributed by atoms with E-state index in [0.29, 0.717) is 0 Å². The fourth-order valence-corrected chi connectivity index (χ4v) is 1.01. The van der Waals surface area contributed by atoms with Gasteiger partial charge in [-0.25, -0.2) is 9.59 Å². The van der Waals surface area contributed by atoms with Gasteiger partial charge in [0.25, 0.3) is 5.91 Å². The number of esters is 2. The highest BCUT2D eigenvalue weighted by molar-refractivity contribution is 6.55. The summed E-state index contributed by atoms with van der Waals surface area (Å²) in [6.45, 7) is 0.277. The number of carboxylic acids is 2. The van der Waals surface area contributed by atoms with E-state index in [0.717, 1.165) is 0 Å². The summed E-state index contributed by atoms with van der Waals surface area (Å²) in [6, 6.07) is 0. The summed E-state index contributed by atoms with van der Waals surface area (Å²) in [5.41, 5.74) is 4.85. The molecule has 10 nitrogen and oxygen atoms in total. The van der Waals surface area contributed by atoms with Crippen LogP contribution in [0.5, 0.6) is 0 Å². The summed E-state index contributed by atoms with van der Waals surface area (Å²) in [5, 5.41) is 18.2. The Hall–Kier alpha value is -0.750. The number of aliphatic carboxylic acids is 2. The van der Waals surface area contributed by atoms with E-state index in [4.69, 9.17) is 85.6 Å². The molecule has 0 rings (SSSR count). The normalized spacial score (nSPS) is 9.64. The van der Waals surface area contributed by atoms with Crippen LogP contribution in [0.2, 0.25) is 0 Å². The Morgan fingerprint density at radius 2 is 1.18 bits per heavy atom. The van der Waals surface area contributed by atoms with Gasteiger partial charge in [-0.1, -0.05) is 69.6 Å². The molecule has 0 aromatic rings. The molecule has 0 heterocycles. The third kappa shape index (κ3) is 25.2. The predicted octanol–water partition coefficient (Wildman–Crippen LogP) is 1.46. The van der Waals surface area contributed by atoms with Crippen LogP contribution in [0, 0.1) is 0 Å². The average molecular weight is 529 g/mol. The lowest BCUT2D eigenvalue weighted by Crippen LogP contribution is -2.30. The summed E-state index contributed by atoms with van der Waals surface area (Å²) in [4.78, 5) is 46.9. The number of hydrogen-bond donors (Lipinski definition) is 4. The standard InChI is InChI=1S/C5H7Cl2NO3.C4H2Cl4O3.C3H7NO2/c6-4(7)5(11)8-2-1-3(9)10;5-1(6)3(9)11-4(10)2(7)8;4-2-1-3(5)6/h4H,1-2H2,(H,8,11)(H,9,10);1-2H;1-2,4H2,(H,5,6). The van der Waals surface area contributed by atoms with Crippen LogP contribution in [0.1, 0.15) is 12.8 Å². The number of carbonyl (C=O) groups excluding carboxylic acids is 3. The van der Waals surface area contributed by atoms with Crippen LogP contribution < -0.4 is 11.1 Å². The molecule has 0 fully saturated rings. The number of ether oxygens (including phenoxy) is 1. The summed E-state index contributed by atoms with van der Waals surface area (Å²) >= 11 is 30.4. The Morgan fingerprint density at radius 1 is 0.786 bits per heavy atom. The van der Waals surface area contributed by atoms with Gasteiger partial charge in [-0.15, -0.1) is 0 Å². The Kier molecular flexibility index (Phi) is 22.3. The van der Waals surface area contributed by atoms with Crippen LogP contribution in [-0.4, -0.2) is 67.6 Å². The van der Waals surface area contributed by atoms with Crippen LogP contribution in [0.4, 0.5) is 0 Å². The molecule has 0 aliphatic rings. The highest BCUT2D eigenvalue weighted by Gasteiger charge is 2.21. The van der Waals surface area contributed by atoms with Crippen LogP contribution in [-0.2, 0) is 28.7 Å². The number of nitrogens with one attached hydrogen (secondary N) is 1. The van der Waals surface area contributed by atoms with Gasteiger partial charge in [0.15, 0.2) is 4.84 Å². The van der Waals surface area contributed by atoms with Crippen molar-refractivity contribution in [1.29, 1.82) is 0 Å². The molecule has 0 radical (unpaired) electrons. The minimum absolute atomic E-state index is 0.0457. The van der Waals surface area contributed by atoms with Crippen molar-refractivity contribution in [3.8, 4) is 0 Å². The number of carboxylic acid groups (broad SMARTS) is 2. The van der Waals surface area contributed by atoms with Crippen molar-refractivity contribution in [3.63, 3.8) is 0 Å². The lowest BCUT2D eigenvalue weighted by Gasteiger charge is -2.01. The van der Waals surface area contributed by atoms with E-state index in [9.17, 15) is 24.0 Å². The first-order valence-electron chi connectivity index (χ1n) is 6.77. The number of carbonyl (C=O) groups is 5. The second kappa shape index (κ2) is 19.6. The molecule has 0 aliphatic heterocycles. The van der Waals surface area contributed by atoms with E-state index in [1.54, 1.807) is 0 Å². The molecule has 0 unspecified atom stereocenters. The topological polar surface area (TPSA) is 173 Å². The Balaban J connectivity index is -0.000000351. The second-order valence-corrected chi connectivity index (χ2v) is 7.30. The van der Waals surface area contributed by atoms with Crippen LogP contribution in [0.15, 0.2) is 0 Å². The smallest absolute Gasteiger partial charge is 0.347 e. The molecular weight excluding hydrogens is 513 g/mol. The minimum Gasteiger partial charge on any atom is -0.481 e. The maximum atomic E-state index is 10.6. The van der Waals surface area contributed by atoms with Gasteiger partial charge in [-0.05, 0) is 0 Å². The van der Waals surface area contributed by atoms with Crippen molar-refractivity contribution in [2.75, 3.05) is 13.1 Å². The fraction of sp³-hybridized carbons (Fsp3) is 0.583. The molecule has 28 heavy (non-hydrogen) atoms. The maximum Gasteiger partial charge on any atom is 0.347 e. The highest BCUT2D eigenvalue weighted by atomic mass is 35.5. The van der Waals surface area contributed by atoms with Crippen LogP contribution in [0.3, 0.4) is 0 Å². The average Bonchev–Trinajstić information content (AvgIpc) is 2.54. The molecule has 0 atom stereocenters. The second-order valence-electron chi connectivity index (χ2n) is 4.01. The van der Waals surface area contributed by atoms with Crippen molar-refractivity contribution in [3.05, 3.63) is 0 Å². The first kappa shape index (κ1) is 31.9. The van der Waals surface area contributed by atoms with Crippen LogP contribution >= 0.6 is 69.6 Å². The number of halogens is 6. The predicted molar refractivity (Wildman–Crippen MR) is 104 cm³/mol. The molecular formula is C12H16Cl6N2O8. The van der Waals surface area contributed by atoms with Gasteiger partial charge in [0.2, 0.25) is 9.67 Å². The molecule has 164 valence electrons. The fourth-order valence-electron chi connectivity index (χ4n) is 0.681. The van der Waals surface area contributed by atoms with E-state index in [1.807, 2.05) is 0 Å². The maximum absolute atomic E-state index is 10.6. The molecule has 5 N–H and O–H groups in total. The van der Waals surface area contributed by atoms with Gasteiger partial charge < -0.3 is 26.0 Å². The van der Waals surface area contributed by atoms with Gasteiger partial charge in [-0.3, -0.25) is 14.4 Å². The Labute approximate surface area is 189 Å². The number of alkyl halides is 6. The van der Waals surface area contributed by atoms with E-state index in [1.165, 1.54) is 0 Å². The van der Waals surface area contributed by atoms with Gasteiger partial charge in [0, 0.05) is 13.1 Å². The number of hydrogen-bond acceptors (Lipinski definition) is 7. The van der Waals surface area contributed by atoms with E-state index < -0.39 is 44.3 Å². The zero-order valence-corrected chi connectivity index (χ0v) is 18.3. The van der Waals surface area contributed by atoms with E-state index in [-0.39, 0.29) is 25.9 Å². The zero-order chi connectivity index (χ0) is 22.9. The van der Waals surface area contributed by atoms with Gasteiger partial charge in [0.05, 0.1) is 12.8 Å². The zero-order valence-electron chi connectivity index (χ0n) is 13.7. The quantitative estimate of drug-likeness (QED) is 0.206. The molecule has 1 amide bonds. The number of amides is 1. The molecule has 0 bridgehead atoms. The Morgan fingerprint density at radius 3 is 1.39 bits per heavy atom. The van der Waals surface area contributed by atoms with Crippen molar-refractivity contribution in [2.24, 2.45) is 5.73 Å². The molecule has 0 saturated carbocycles. The summed E-state index contributed by atoms with van der Waals surface area (Å²) in [7, 11) is 0. The van der Waals surface area contributed by atoms with Gasteiger partial charge in [-0.2, -0.15) is 0 Å². The van der Waals surface area contributed by atoms with Gasteiger partial charge in [0.1, 0.15) is 0 Å². The lowest BCUT2D eigenvalue weighted by molar-refractivity contribution is -0.157. The first-order valence-corrected chi connectivity index (χ1v) is 9.39. The lowest BCUT2D eigenvalue weighted by atomic mass is 10.4. The monoisotopic (exact) mass is 526 g/mol. The van der Waals surface area contributed by atoms with Crippen LogP contribution in [0.25, 0.3) is 0 Å². The Bertz CT molecular complexity index is 500.